The van der Waals surface area contributed by atoms with Gasteiger partial charge in [0.05, 0.1) is 17.2 Å². The molecule has 0 aliphatic heterocycles. The van der Waals surface area contributed by atoms with Crippen LogP contribution in [0.15, 0.2) is 30.6 Å². The van der Waals surface area contributed by atoms with Crippen LogP contribution < -0.4 is 0 Å². The summed E-state index contributed by atoms with van der Waals surface area (Å²) in [5, 5.41) is 9.18. The van der Waals surface area contributed by atoms with Gasteiger partial charge in [-0.05, 0) is 12.1 Å². The molecule has 0 atom stereocenters. The van der Waals surface area contributed by atoms with E-state index < -0.39 is 5.82 Å². The van der Waals surface area contributed by atoms with Crippen LogP contribution in [0.2, 0.25) is 5.02 Å². The molecule has 0 unspecified atom stereocenters. The van der Waals surface area contributed by atoms with Gasteiger partial charge in [0.15, 0.2) is 0 Å². The number of aliphatic hydroxyl groups excluding tert-OH is 1. The zero-order valence-corrected chi connectivity index (χ0v) is 9.15. The molecule has 2 aromatic rings. The van der Waals surface area contributed by atoms with Crippen molar-refractivity contribution in [1.82, 2.24) is 9.55 Å². The molecule has 0 spiro atoms. The highest BCUT2D eigenvalue weighted by molar-refractivity contribution is 6.33. The van der Waals surface area contributed by atoms with E-state index in [0.29, 0.717) is 17.4 Å². The van der Waals surface area contributed by atoms with Crippen molar-refractivity contribution in [2.45, 2.75) is 6.54 Å². The second kappa shape index (κ2) is 4.63. The van der Waals surface area contributed by atoms with Crippen molar-refractivity contribution in [2.24, 2.45) is 0 Å². The number of aromatic nitrogens is 2. The Morgan fingerprint density at radius 2 is 2.25 bits per heavy atom. The van der Waals surface area contributed by atoms with Crippen LogP contribution in [-0.4, -0.2) is 21.3 Å². The van der Waals surface area contributed by atoms with E-state index in [4.69, 9.17) is 16.7 Å². The third-order valence-corrected chi connectivity index (χ3v) is 2.56. The van der Waals surface area contributed by atoms with Crippen molar-refractivity contribution in [3.8, 4) is 11.4 Å². The summed E-state index contributed by atoms with van der Waals surface area (Å²) in [6.45, 7) is 0.329. The maximum Gasteiger partial charge on any atom is 0.144 e. The van der Waals surface area contributed by atoms with Crippen molar-refractivity contribution < 1.29 is 9.50 Å². The van der Waals surface area contributed by atoms with Gasteiger partial charge in [0.25, 0.3) is 0 Å². The molecule has 3 nitrogen and oxygen atoms in total. The minimum absolute atomic E-state index is 0.0323. The van der Waals surface area contributed by atoms with Gasteiger partial charge in [-0.15, -0.1) is 0 Å². The van der Waals surface area contributed by atoms with Gasteiger partial charge in [-0.25, -0.2) is 9.37 Å². The van der Waals surface area contributed by atoms with Crippen molar-refractivity contribution in [2.75, 3.05) is 6.61 Å². The van der Waals surface area contributed by atoms with Crippen LogP contribution in [-0.2, 0) is 6.54 Å². The summed E-state index contributed by atoms with van der Waals surface area (Å²) in [5.41, 5.74) is 0.266. The number of halogens is 2. The molecule has 84 valence electrons. The molecule has 1 heterocycles. The van der Waals surface area contributed by atoms with Crippen molar-refractivity contribution in [3.05, 3.63) is 41.4 Å². The molecular weight excluding hydrogens is 231 g/mol. The second-order valence-electron chi connectivity index (χ2n) is 3.26. The highest BCUT2D eigenvalue weighted by Crippen LogP contribution is 2.29. The molecule has 0 fully saturated rings. The average Bonchev–Trinajstić information content (AvgIpc) is 2.67. The lowest BCUT2D eigenvalue weighted by Crippen LogP contribution is -2.04. The first-order valence-electron chi connectivity index (χ1n) is 4.80. The van der Waals surface area contributed by atoms with Crippen molar-refractivity contribution in [3.63, 3.8) is 0 Å². The number of hydrogen-bond acceptors (Lipinski definition) is 2. The summed E-state index contributed by atoms with van der Waals surface area (Å²) in [6, 6.07) is 4.48. The Balaban J connectivity index is 2.54. The molecule has 0 aliphatic carbocycles. The summed E-state index contributed by atoms with van der Waals surface area (Å²) in [6.07, 6.45) is 3.22. The molecule has 0 bridgehead atoms. The van der Waals surface area contributed by atoms with Gasteiger partial charge in [-0.3, -0.25) is 0 Å². The van der Waals surface area contributed by atoms with Gasteiger partial charge >= 0.3 is 0 Å². The van der Waals surface area contributed by atoms with Crippen molar-refractivity contribution in [1.29, 1.82) is 0 Å². The lowest BCUT2D eigenvalue weighted by atomic mass is 10.2. The van der Waals surface area contributed by atoms with E-state index in [1.54, 1.807) is 29.1 Å². The lowest BCUT2D eigenvalue weighted by Gasteiger charge is -2.08. The largest absolute Gasteiger partial charge is 0.395 e. The van der Waals surface area contributed by atoms with Gasteiger partial charge in [0.1, 0.15) is 11.6 Å². The topological polar surface area (TPSA) is 38.0 Å². The lowest BCUT2D eigenvalue weighted by molar-refractivity contribution is 0.276. The van der Waals surface area contributed by atoms with E-state index in [0.717, 1.165) is 0 Å². The molecule has 5 heteroatoms. The molecule has 0 radical (unpaired) electrons. The summed E-state index contributed by atoms with van der Waals surface area (Å²) in [7, 11) is 0. The average molecular weight is 241 g/mol. The Morgan fingerprint density at radius 3 is 2.94 bits per heavy atom. The molecule has 1 aromatic carbocycles. The Bertz CT molecular complexity index is 478. The number of hydrogen-bond donors (Lipinski definition) is 1. The molecule has 1 aromatic heterocycles. The predicted molar refractivity (Wildman–Crippen MR) is 59.7 cm³/mol. The first-order valence-corrected chi connectivity index (χ1v) is 5.18. The quantitative estimate of drug-likeness (QED) is 0.894. The van der Waals surface area contributed by atoms with Crippen LogP contribution >= 0.6 is 11.6 Å². The highest BCUT2D eigenvalue weighted by atomic mass is 35.5. The third kappa shape index (κ3) is 1.94. The van der Waals surface area contributed by atoms with Crippen LogP contribution in [0, 0.1) is 5.82 Å². The second-order valence-corrected chi connectivity index (χ2v) is 3.67. The standard InChI is InChI=1S/C11H10ClFN2O/c12-8-2-1-3-9(13)10(8)11-14-4-5-15(11)6-7-16/h1-5,16H,6-7H2. The Labute approximate surface area is 97.1 Å². The van der Waals surface area contributed by atoms with Gasteiger partial charge in [0, 0.05) is 18.9 Å². The molecule has 0 saturated carbocycles. The monoisotopic (exact) mass is 240 g/mol. The molecular formula is C11H10ClFN2O. The van der Waals surface area contributed by atoms with Crippen LogP contribution in [0.3, 0.4) is 0 Å². The fourth-order valence-electron chi connectivity index (χ4n) is 1.54. The Kier molecular flexibility index (Phi) is 3.22. The van der Waals surface area contributed by atoms with Gasteiger partial charge in [-0.1, -0.05) is 17.7 Å². The molecule has 1 N–H and O–H groups in total. The molecule has 0 saturated heterocycles. The van der Waals surface area contributed by atoms with Crippen molar-refractivity contribution >= 4 is 11.6 Å². The van der Waals surface area contributed by atoms with E-state index in [-0.39, 0.29) is 12.2 Å². The first kappa shape index (κ1) is 11.1. The minimum atomic E-state index is -0.419. The normalized spacial score (nSPS) is 10.7. The van der Waals surface area contributed by atoms with E-state index in [2.05, 4.69) is 4.98 Å². The molecule has 0 aliphatic rings. The number of benzene rings is 1. The van der Waals surface area contributed by atoms with Gasteiger partial charge < -0.3 is 9.67 Å². The van der Waals surface area contributed by atoms with Crippen LogP contribution in [0.5, 0.6) is 0 Å². The van der Waals surface area contributed by atoms with Gasteiger partial charge in [-0.2, -0.15) is 0 Å². The van der Waals surface area contributed by atoms with Crippen LogP contribution in [0.4, 0.5) is 4.39 Å². The molecule has 0 amide bonds. The number of rotatable bonds is 3. The fourth-order valence-corrected chi connectivity index (χ4v) is 1.78. The Morgan fingerprint density at radius 1 is 1.44 bits per heavy atom. The van der Waals surface area contributed by atoms with Gasteiger partial charge in [0.2, 0.25) is 0 Å². The summed E-state index contributed by atoms with van der Waals surface area (Å²) in [5.74, 6) is 0.00930. The maximum atomic E-state index is 13.6. The zero-order chi connectivity index (χ0) is 11.5. The van der Waals surface area contributed by atoms with E-state index in [9.17, 15) is 4.39 Å². The number of aliphatic hydroxyl groups is 1. The molecule has 2 rings (SSSR count). The fraction of sp³-hybridized carbons (Fsp3) is 0.182. The summed E-state index contributed by atoms with van der Waals surface area (Å²) < 4.78 is 15.3. The van der Waals surface area contributed by atoms with Crippen LogP contribution in [0.25, 0.3) is 11.4 Å². The predicted octanol–water partition coefficient (Wildman–Crippen LogP) is 2.33. The number of nitrogens with zero attached hydrogens (tertiary/aromatic N) is 2. The summed E-state index contributed by atoms with van der Waals surface area (Å²) in [4.78, 5) is 4.05. The van der Waals surface area contributed by atoms with E-state index in [1.165, 1.54) is 6.07 Å². The minimum Gasteiger partial charge on any atom is -0.395 e. The Hall–Kier alpha value is -1.39. The zero-order valence-electron chi connectivity index (χ0n) is 8.40. The first-order chi connectivity index (χ1) is 7.74. The number of imidazole rings is 1. The van der Waals surface area contributed by atoms with E-state index in [1.807, 2.05) is 0 Å². The summed E-state index contributed by atoms with van der Waals surface area (Å²) >= 11 is 5.94. The van der Waals surface area contributed by atoms with Crippen LogP contribution in [0.1, 0.15) is 0 Å². The van der Waals surface area contributed by atoms with E-state index >= 15 is 0 Å². The third-order valence-electron chi connectivity index (χ3n) is 2.24. The molecule has 16 heavy (non-hydrogen) atoms. The SMILES string of the molecule is OCCn1ccnc1-c1c(F)cccc1Cl. The maximum absolute atomic E-state index is 13.6. The highest BCUT2D eigenvalue weighted by Gasteiger charge is 2.14. The smallest absolute Gasteiger partial charge is 0.144 e.